The van der Waals surface area contributed by atoms with E-state index in [0.29, 0.717) is 33.7 Å². The molecule has 17 fully saturated rings. The van der Waals surface area contributed by atoms with Crippen LogP contribution in [-0.4, -0.2) is 18.8 Å². The molecule has 54 heavy (non-hydrogen) atoms. The van der Waals surface area contributed by atoms with Crippen molar-refractivity contribution in [3.8, 4) is 5.75 Å². The summed E-state index contributed by atoms with van der Waals surface area (Å²) in [4.78, 5) is 0. The number of ether oxygens (including phenoxy) is 2. The van der Waals surface area contributed by atoms with Gasteiger partial charge in [-0.05, 0) is 270 Å². The molecule has 1 aromatic rings. The van der Waals surface area contributed by atoms with Gasteiger partial charge in [0.1, 0.15) is 18.0 Å². The molecule has 0 radical (unpaired) electrons. The fourth-order valence-electron chi connectivity index (χ4n) is 21.5. The summed E-state index contributed by atoms with van der Waals surface area (Å²) >= 11 is 0. The highest BCUT2D eigenvalue weighted by atomic mass is 16.6. The minimum absolute atomic E-state index is 0.191. The smallest absolute Gasteiger partial charge is 0.129 e. The minimum atomic E-state index is 0.191. The Labute approximate surface area is 327 Å². The van der Waals surface area contributed by atoms with Crippen LogP contribution in [0.25, 0.3) is 0 Å². The van der Waals surface area contributed by atoms with Gasteiger partial charge in [-0.25, -0.2) is 0 Å². The Hall–Kier alpha value is -1.02. The molecule has 18 rings (SSSR count). The normalized spacial score (nSPS) is 55.4. The van der Waals surface area contributed by atoms with E-state index in [2.05, 4.69) is 31.0 Å². The van der Waals surface area contributed by atoms with E-state index >= 15 is 0 Å². The fourth-order valence-corrected chi connectivity index (χ4v) is 21.5. The summed E-state index contributed by atoms with van der Waals surface area (Å²) in [5.74, 6) is 13.8. The molecule has 2 unspecified atom stereocenters. The number of hydrogen-bond acceptors (Lipinski definition) is 2. The third-order valence-corrected chi connectivity index (χ3v) is 21.3. The van der Waals surface area contributed by atoms with Crippen molar-refractivity contribution in [2.24, 2.45) is 76.9 Å². The lowest BCUT2D eigenvalue weighted by Crippen LogP contribution is -2.56. The zero-order chi connectivity index (χ0) is 35.3. The van der Waals surface area contributed by atoms with Crippen molar-refractivity contribution in [1.29, 1.82) is 0 Å². The van der Waals surface area contributed by atoms with Crippen molar-refractivity contribution in [3.63, 3.8) is 0 Å². The number of epoxide rings is 1. The molecule has 1 aliphatic heterocycles. The van der Waals surface area contributed by atoms with Gasteiger partial charge in [0.25, 0.3) is 0 Å². The predicted octanol–water partition coefficient (Wildman–Crippen LogP) is 12.4. The lowest BCUT2D eigenvalue weighted by Gasteiger charge is -2.65. The van der Waals surface area contributed by atoms with E-state index in [0.717, 1.165) is 77.6 Å². The van der Waals surface area contributed by atoms with Crippen LogP contribution in [0.1, 0.15) is 190 Å². The van der Waals surface area contributed by atoms with Gasteiger partial charge in [-0.2, -0.15) is 0 Å². The third kappa shape index (κ3) is 4.62. The van der Waals surface area contributed by atoms with E-state index in [1.165, 1.54) is 63.5 Å². The van der Waals surface area contributed by atoms with Crippen LogP contribution in [0.2, 0.25) is 0 Å². The molecule has 17 aliphatic rings. The van der Waals surface area contributed by atoms with E-state index in [-0.39, 0.29) is 6.10 Å². The average molecular weight is 729 g/mol. The van der Waals surface area contributed by atoms with Crippen molar-refractivity contribution >= 4 is 0 Å². The largest absolute Gasteiger partial charge is 0.487 e. The molecule has 2 atom stereocenters. The van der Waals surface area contributed by atoms with Gasteiger partial charge in [-0.3, -0.25) is 0 Å². The molecule has 2 nitrogen and oxygen atoms in total. The fraction of sp³-hybridized carbons (Fsp3) is 0.885. The van der Waals surface area contributed by atoms with Gasteiger partial charge in [-0.15, -0.1) is 0 Å². The Kier molecular flexibility index (Phi) is 6.68. The van der Waals surface area contributed by atoms with Gasteiger partial charge in [-0.1, -0.05) is 13.8 Å². The molecule has 0 N–H and O–H groups in total. The van der Waals surface area contributed by atoms with Crippen LogP contribution in [0.3, 0.4) is 0 Å². The number of hydrogen-bond donors (Lipinski definition) is 0. The van der Waals surface area contributed by atoms with Gasteiger partial charge in [0.2, 0.25) is 0 Å². The summed E-state index contributed by atoms with van der Waals surface area (Å²) in [6, 6.07) is 2.98. The van der Waals surface area contributed by atoms with Crippen LogP contribution < -0.4 is 4.74 Å². The molecule has 1 aromatic carbocycles. The molecule has 0 spiro atoms. The summed E-state index contributed by atoms with van der Waals surface area (Å²) in [5, 5.41) is 0. The van der Waals surface area contributed by atoms with Crippen LogP contribution in [0, 0.1) is 76.9 Å². The maximum atomic E-state index is 7.98. The van der Waals surface area contributed by atoms with Crippen molar-refractivity contribution in [3.05, 3.63) is 28.3 Å². The molecule has 0 amide bonds. The van der Waals surface area contributed by atoms with E-state index in [9.17, 15) is 0 Å². The average Bonchev–Trinajstić information content (AvgIpc) is 3.93. The molecule has 1 saturated heterocycles. The highest BCUT2D eigenvalue weighted by Gasteiger charge is 2.63. The van der Waals surface area contributed by atoms with Crippen molar-refractivity contribution in [1.82, 2.24) is 0 Å². The standard InChI is InChI=1S/C52H72O2/c1-29(2)48(44-28-53-44)54-43-15-42(49-16-30-3-31(17-49)5-32(4-30)18-49)45(50-19-33-6-34(20-50)8-35(7-33)21-50)47(52-25-39-12-40(26-52)14-41(13-39)27-52)46(43)51-22-36-9-37(23-51)11-38(10-36)24-51/h15,29-41,44,48H,3-14,16-28H2,1-2H3. The minimum Gasteiger partial charge on any atom is -0.487 e. The van der Waals surface area contributed by atoms with E-state index in [4.69, 9.17) is 9.47 Å². The molecule has 292 valence electrons. The Bertz CT molecular complexity index is 1600. The van der Waals surface area contributed by atoms with Gasteiger partial charge in [0, 0.05) is 11.0 Å². The molecular weight excluding hydrogens is 657 g/mol. The lowest BCUT2D eigenvalue weighted by atomic mass is 9.39. The Morgan fingerprint density at radius 3 is 1.06 bits per heavy atom. The van der Waals surface area contributed by atoms with E-state index in [1.807, 2.05) is 11.1 Å². The first kappa shape index (κ1) is 32.9. The summed E-state index contributed by atoms with van der Waals surface area (Å²) < 4.78 is 14.2. The summed E-state index contributed by atoms with van der Waals surface area (Å²) in [6.45, 7) is 5.80. The molecule has 2 heteroatoms. The topological polar surface area (TPSA) is 21.8 Å². The van der Waals surface area contributed by atoms with Crippen LogP contribution in [0.4, 0.5) is 0 Å². The third-order valence-electron chi connectivity index (χ3n) is 21.3. The molecular formula is C52H72O2. The second-order valence-corrected chi connectivity index (χ2v) is 25.5. The number of benzene rings is 1. The SMILES string of the molecule is CC(C)C(Oc1cc(C23CC4CC(CC(C4)C2)C3)c(C23CC4CC(CC(C4)C2)C3)c(C23CC4CC(CC(C4)C2)C3)c1C12CC3CC(CC(C3)C1)C2)C1CO1. The zero-order valence-electron chi connectivity index (χ0n) is 34.2. The molecule has 0 aromatic heterocycles. The second-order valence-electron chi connectivity index (χ2n) is 25.5. The first-order chi connectivity index (χ1) is 26.2. The van der Waals surface area contributed by atoms with Gasteiger partial charge in [0.15, 0.2) is 0 Å². The van der Waals surface area contributed by atoms with Crippen molar-refractivity contribution < 1.29 is 9.47 Å². The van der Waals surface area contributed by atoms with Gasteiger partial charge < -0.3 is 9.47 Å². The summed E-state index contributed by atoms with van der Waals surface area (Å²) in [5.41, 5.74) is 9.74. The highest BCUT2D eigenvalue weighted by Crippen LogP contribution is 2.73. The first-order valence-electron chi connectivity index (χ1n) is 24.7. The highest BCUT2D eigenvalue weighted by molar-refractivity contribution is 5.63. The van der Waals surface area contributed by atoms with Gasteiger partial charge in [0.05, 0.1) is 6.61 Å². The molecule has 16 aliphatic carbocycles. The lowest BCUT2D eigenvalue weighted by molar-refractivity contribution is -0.0301. The van der Waals surface area contributed by atoms with Crippen LogP contribution in [0.15, 0.2) is 6.07 Å². The monoisotopic (exact) mass is 729 g/mol. The molecule has 16 bridgehead atoms. The summed E-state index contributed by atoms with van der Waals surface area (Å²) in [6.07, 6.45) is 37.4. The van der Waals surface area contributed by atoms with Crippen LogP contribution in [0.5, 0.6) is 5.75 Å². The van der Waals surface area contributed by atoms with Crippen LogP contribution >= 0.6 is 0 Å². The second kappa shape index (κ2) is 11.0. The van der Waals surface area contributed by atoms with Gasteiger partial charge >= 0.3 is 0 Å². The Morgan fingerprint density at radius 2 is 0.741 bits per heavy atom. The zero-order valence-corrected chi connectivity index (χ0v) is 34.2. The Balaban J connectivity index is 1.09. The first-order valence-corrected chi connectivity index (χ1v) is 24.7. The Morgan fingerprint density at radius 1 is 0.444 bits per heavy atom. The maximum absolute atomic E-state index is 7.98. The van der Waals surface area contributed by atoms with Crippen LogP contribution in [-0.2, 0) is 26.4 Å². The summed E-state index contributed by atoms with van der Waals surface area (Å²) in [7, 11) is 0. The van der Waals surface area contributed by atoms with E-state index < -0.39 is 0 Å². The predicted molar refractivity (Wildman–Crippen MR) is 215 cm³/mol. The van der Waals surface area contributed by atoms with E-state index in [1.54, 1.807) is 96.3 Å². The maximum Gasteiger partial charge on any atom is 0.129 e. The number of rotatable bonds is 8. The molecule has 1 heterocycles. The van der Waals surface area contributed by atoms with Crippen molar-refractivity contribution in [2.75, 3.05) is 6.61 Å². The quantitative estimate of drug-likeness (QED) is 0.249. The van der Waals surface area contributed by atoms with Crippen molar-refractivity contribution in [2.45, 2.75) is 202 Å². The molecule has 16 saturated carbocycles.